The highest BCUT2D eigenvalue weighted by Crippen LogP contribution is 2.24. The maximum absolute atomic E-state index is 12.8. The Bertz CT molecular complexity index is 1170. The molecule has 2 N–H and O–H groups in total. The van der Waals surface area contributed by atoms with Gasteiger partial charge >= 0.3 is 5.97 Å². The van der Waals surface area contributed by atoms with Gasteiger partial charge in [-0.1, -0.05) is 12.1 Å². The lowest BCUT2D eigenvalue weighted by molar-refractivity contribution is -0.116. The molecule has 0 fully saturated rings. The van der Waals surface area contributed by atoms with Gasteiger partial charge in [0.1, 0.15) is 15.9 Å². The highest BCUT2D eigenvalue weighted by molar-refractivity contribution is 7.89. The van der Waals surface area contributed by atoms with Crippen LogP contribution < -0.4 is 5.32 Å². The van der Waals surface area contributed by atoms with Gasteiger partial charge in [-0.25, -0.2) is 13.2 Å². The molecule has 1 aromatic heterocycles. The van der Waals surface area contributed by atoms with Crippen molar-refractivity contribution in [3.05, 3.63) is 47.5 Å². The van der Waals surface area contributed by atoms with E-state index in [-0.39, 0.29) is 16.0 Å². The molecule has 0 bridgehead atoms. The molecular weight excluding hydrogens is 404 g/mol. The molecule has 146 valence electrons. The van der Waals surface area contributed by atoms with E-state index >= 15 is 0 Å². The van der Waals surface area contributed by atoms with Crippen molar-refractivity contribution in [2.75, 3.05) is 18.9 Å². The Morgan fingerprint density at radius 2 is 1.96 bits per heavy atom. The molecule has 0 aliphatic carbocycles. The number of carboxylic acids is 1. The van der Waals surface area contributed by atoms with Crippen molar-refractivity contribution in [3.63, 3.8) is 0 Å². The molecule has 3 aromatic rings. The maximum Gasteiger partial charge on any atom is 0.335 e. The quantitative estimate of drug-likeness (QED) is 0.623. The first kappa shape index (κ1) is 19.9. The third kappa shape index (κ3) is 3.86. The Morgan fingerprint density at radius 3 is 2.68 bits per heavy atom. The highest BCUT2D eigenvalue weighted by atomic mass is 32.2. The van der Waals surface area contributed by atoms with Crippen molar-refractivity contribution in [3.8, 4) is 0 Å². The maximum atomic E-state index is 12.8. The van der Waals surface area contributed by atoms with Crippen molar-refractivity contribution >= 4 is 50.3 Å². The number of anilines is 1. The fourth-order valence-corrected chi connectivity index (χ4v) is 4.40. The molecule has 3 rings (SSSR count). The first-order chi connectivity index (χ1) is 13.2. The van der Waals surface area contributed by atoms with E-state index in [0.717, 1.165) is 16.0 Å². The van der Waals surface area contributed by atoms with Gasteiger partial charge in [0, 0.05) is 12.7 Å². The molecule has 0 atom stereocenters. The zero-order valence-corrected chi connectivity index (χ0v) is 16.5. The first-order valence-corrected chi connectivity index (χ1v) is 10.2. The Kier molecular flexibility index (Phi) is 5.40. The predicted molar refractivity (Wildman–Crippen MR) is 104 cm³/mol. The number of aromatic carboxylic acids is 1. The number of benzene rings is 2. The summed E-state index contributed by atoms with van der Waals surface area (Å²) in [5, 5.41) is 11.6. The number of aryl methyl sites for hydroxylation is 1. The van der Waals surface area contributed by atoms with Crippen molar-refractivity contribution in [2.24, 2.45) is 0 Å². The average molecular weight is 420 g/mol. The summed E-state index contributed by atoms with van der Waals surface area (Å²) in [5.41, 5.74) is 1.70. The minimum absolute atomic E-state index is 0.0181. The lowest BCUT2D eigenvalue weighted by Gasteiger charge is -2.17. The number of likely N-dealkylation sites (N-methyl/N-ethyl adjacent to an activating group) is 1. The summed E-state index contributed by atoms with van der Waals surface area (Å²) in [6.45, 7) is 1.25. The van der Waals surface area contributed by atoms with Crippen LogP contribution in [0.1, 0.15) is 15.9 Å². The van der Waals surface area contributed by atoms with Gasteiger partial charge in [-0.2, -0.15) is 13.1 Å². The molecule has 0 saturated carbocycles. The third-order valence-corrected chi connectivity index (χ3v) is 6.44. The molecule has 0 aliphatic rings. The van der Waals surface area contributed by atoms with Crippen LogP contribution >= 0.6 is 11.7 Å². The molecule has 0 aliphatic heterocycles. The highest BCUT2D eigenvalue weighted by Gasteiger charge is 2.26. The van der Waals surface area contributed by atoms with Crippen LogP contribution in [0.3, 0.4) is 0 Å². The number of amides is 1. The van der Waals surface area contributed by atoms with E-state index in [0.29, 0.717) is 16.8 Å². The number of rotatable bonds is 6. The Hall–Kier alpha value is -2.89. The van der Waals surface area contributed by atoms with Gasteiger partial charge in [0.2, 0.25) is 15.9 Å². The summed E-state index contributed by atoms with van der Waals surface area (Å²) in [6.07, 6.45) is 0. The zero-order chi connectivity index (χ0) is 20.5. The number of hydrogen-bond donors (Lipinski definition) is 2. The fraction of sp³-hybridized carbons (Fsp3) is 0.176. The van der Waals surface area contributed by atoms with Crippen molar-refractivity contribution in [1.29, 1.82) is 0 Å². The Morgan fingerprint density at radius 1 is 1.21 bits per heavy atom. The first-order valence-electron chi connectivity index (χ1n) is 8.01. The third-order valence-electron chi connectivity index (χ3n) is 4.06. The number of nitrogens with one attached hydrogen (secondary N) is 1. The smallest absolute Gasteiger partial charge is 0.335 e. The second-order valence-corrected chi connectivity index (χ2v) is 8.57. The number of carbonyl (C=O) groups excluding carboxylic acids is 1. The normalized spacial score (nSPS) is 11.7. The zero-order valence-electron chi connectivity index (χ0n) is 14.9. The summed E-state index contributed by atoms with van der Waals surface area (Å²) >= 11 is 0.906. The number of aromatic nitrogens is 2. The number of nitrogens with zero attached hydrogens (tertiary/aromatic N) is 3. The van der Waals surface area contributed by atoms with Gasteiger partial charge in [-0.3, -0.25) is 4.79 Å². The molecule has 0 saturated heterocycles. The number of hydrogen-bond acceptors (Lipinski definition) is 7. The number of carboxylic acid groups (broad SMARTS) is 1. The summed E-state index contributed by atoms with van der Waals surface area (Å²) in [4.78, 5) is 23.4. The Labute approximate surface area is 165 Å². The molecule has 1 amide bonds. The minimum atomic E-state index is -3.97. The van der Waals surface area contributed by atoms with Crippen LogP contribution in [-0.2, 0) is 14.8 Å². The molecule has 0 spiro atoms. The van der Waals surface area contributed by atoms with Gasteiger partial charge in [0.05, 0.1) is 23.8 Å². The van der Waals surface area contributed by atoms with E-state index in [4.69, 9.17) is 5.11 Å². The van der Waals surface area contributed by atoms with Crippen LogP contribution in [0, 0.1) is 6.92 Å². The van der Waals surface area contributed by atoms with Crippen molar-refractivity contribution in [1.82, 2.24) is 13.1 Å². The van der Waals surface area contributed by atoms with Crippen molar-refractivity contribution in [2.45, 2.75) is 11.8 Å². The van der Waals surface area contributed by atoms with E-state index < -0.39 is 28.4 Å². The standard InChI is InChI=1S/C17H16N4O5S2/c1-10-6-7-11(17(23)24)8-13(10)18-15(22)9-21(2)28(25,26)14-5-3-4-12-16(14)20-27-19-12/h3-8H,9H2,1-2H3,(H,18,22)(H,23,24). The summed E-state index contributed by atoms with van der Waals surface area (Å²) < 4.78 is 34.6. The second-order valence-electron chi connectivity index (χ2n) is 6.03. The van der Waals surface area contributed by atoms with Gasteiger partial charge in [0.15, 0.2) is 0 Å². The molecule has 28 heavy (non-hydrogen) atoms. The van der Waals surface area contributed by atoms with E-state index in [1.54, 1.807) is 25.1 Å². The van der Waals surface area contributed by atoms with Crippen LogP contribution in [0.4, 0.5) is 5.69 Å². The fourth-order valence-electron chi connectivity index (χ4n) is 2.52. The van der Waals surface area contributed by atoms with Crippen molar-refractivity contribution < 1.29 is 23.1 Å². The van der Waals surface area contributed by atoms with Gasteiger partial charge in [0.25, 0.3) is 0 Å². The summed E-state index contributed by atoms with van der Waals surface area (Å²) in [7, 11) is -2.69. The molecule has 0 unspecified atom stereocenters. The van der Waals surface area contributed by atoms with E-state index in [1.165, 1.54) is 25.2 Å². The average Bonchev–Trinajstić information content (AvgIpc) is 3.11. The molecule has 1 heterocycles. The van der Waals surface area contributed by atoms with E-state index in [2.05, 4.69) is 14.1 Å². The SMILES string of the molecule is Cc1ccc(C(=O)O)cc1NC(=O)CN(C)S(=O)(=O)c1cccc2nsnc12. The monoisotopic (exact) mass is 420 g/mol. The van der Waals surface area contributed by atoms with Crippen LogP contribution in [0.25, 0.3) is 11.0 Å². The lowest BCUT2D eigenvalue weighted by atomic mass is 10.1. The molecule has 11 heteroatoms. The molecular formula is C17H16N4O5S2. The van der Waals surface area contributed by atoms with Gasteiger partial charge < -0.3 is 10.4 Å². The van der Waals surface area contributed by atoms with Crippen LogP contribution in [0.2, 0.25) is 0 Å². The summed E-state index contributed by atoms with van der Waals surface area (Å²) in [6, 6.07) is 8.94. The van der Waals surface area contributed by atoms with Gasteiger partial charge in [-0.05, 0) is 36.8 Å². The predicted octanol–water partition coefficient (Wildman–Crippen LogP) is 1.96. The van der Waals surface area contributed by atoms with Crippen LogP contribution in [0.5, 0.6) is 0 Å². The van der Waals surface area contributed by atoms with E-state index in [9.17, 15) is 18.0 Å². The number of fused-ring (bicyclic) bond motifs is 1. The topological polar surface area (TPSA) is 130 Å². The number of carbonyl (C=O) groups is 2. The van der Waals surface area contributed by atoms with Crippen LogP contribution in [0.15, 0.2) is 41.3 Å². The molecule has 0 radical (unpaired) electrons. The molecule has 2 aromatic carbocycles. The van der Waals surface area contributed by atoms with Crippen LogP contribution in [-0.4, -0.2) is 52.0 Å². The Balaban J connectivity index is 1.80. The van der Waals surface area contributed by atoms with E-state index in [1.807, 2.05) is 0 Å². The lowest BCUT2D eigenvalue weighted by Crippen LogP contribution is -2.35. The molecule has 9 nitrogen and oxygen atoms in total. The van der Waals surface area contributed by atoms with Gasteiger partial charge in [-0.15, -0.1) is 0 Å². The minimum Gasteiger partial charge on any atom is -0.478 e. The number of sulfonamides is 1. The second kappa shape index (κ2) is 7.62. The summed E-state index contributed by atoms with van der Waals surface area (Å²) in [5.74, 6) is -1.72. The largest absolute Gasteiger partial charge is 0.478 e.